The van der Waals surface area contributed by atoms with Gasteiger partial charge in [-0.2, -0.15) is 0 Å². The first-order valence-electron chi connectivity index (χ1n) is 7.86. The molecule has 2 N–H and O–H groups in total. The van der Waals surface area contributed by atoms with Crippen molar-refractivity contribution in [2.45, 2.75) is 76.9 Å². The van der Waals surface area contributed by atoms with Gasteiger partial charge in [0.05, 0.1) is 0 Å². The first-order valence-corrected chi connectivity index (χ1v) is 7.86. The molecule has 0 saturated heterocycles. The summed E-state index contributed by atoms with van der Waals surface area (Å²) >= 11 is 0. The van der Waals surface area contributed by atoms with E-state index >= 15 is 0 Å². The normalized spacial score (nSPS) is 42.3. The fourth-order valence-corrected chi connectivity index (χ4v) is 3.58. The maximum atomic E-state index is 10.9. The second kappa shape index (κ2) is 5.46. The van der Waals surface area contributed by atoms with Crippen LogP contribution in [0, 0.1) is 29.6 Å². The lowest BCUT2D eigenvalue weighted by molar-refractivity contribution is -0.0552. The Morgan fingerprint density at radius 1 is 0.895 bits per heavy atom. The zero-order valence-corrected chi connectivity index (χ0v) is 12.6. The van der Waals surface area contributed by atoms with Crippen molar-refractivity contribution in [2.75, 3.05) is 0 Å². The van der Waals surface area contributed by atoms with E-state index in [0.717, 1.165) is 38.5 Å². The van der Waals surface area contributed by atoms with Crippen LogP contribution in [0.25, 0.3) is 0 Å². The Hall–Kier alpha value is -0.520. The summed E-state index contributed by atoms with van der Waals surface area (Å²) in [7, 11) is 0. The second-order valence-electron chi connectivity index (χ2n) is 6.91. The minimum absolute atomic E-state index is 0.177. The van der Waals surface area contributed by atoms with Crippen molar-refractivity contribution >= 4 is 0 Å². The van der Waals surface area contributed by atoms with Gasteiger partial charge in [-0.1, -0.05) is 39.0 Å². The smallest absolute Gasteiger partial charge is 0.130 e. The highest BCUT2D eigenvalue weighted by Gasteiger charge is 2.44. The molecule has 0 aromatic heterocycles. The van der Waals surface area contributed by atoms with Gasteiger partial charge in [-0.05, 0) is 56.3 Å². The summed E-state index contributed by atoms with van der Waals surface area (Å²) < 4.78 is 0. The van der Waals surface area contributed by atoms with Gasteiger partial charge in [0.1, 0.15) is 11.2 Å². The molecule has 2 heteroatoms. The molecule has 2 fully saturated rings. The number of rotatable bonds is 0. The van der Waals surface area contributed by atoms with Gasteiger partial charge in [0, 0.05) is 0 Å². The predicted molar refractivity (Wildman–Crippen MR) is 77.5 cm³/mol. The number of hydrogen-bond acceptors (Lipinski definition) is 2. The van der Waals surface area contributed by atoms with E-state index in [1.54, 1.807) is 0 Å². The molecule has 19 heavy (non-hydrogen) atoms. The van der Waals surface area contributed by atoms with Crippen LogP contribution in [0.4, 0.5) is 0 Å². The van der Waals surface area contributed by atoms with Crippen LogP contribution in [0.15, 0.2) is 0 Å². The Bertz CT molecular complexity index is 372. The van der Waals surface area contributed by atoms with Crippen LogP contribution in [0.3, 0.4) is 0 Å². The summed E-state index contributed by atoms with van der Waals surface area (Å²) in [5, 5.41) is 21.4. The molecule has 0 aromatic rings. The zero-order valence-electron chi connectivity index (χ0n) is 12.6. The van der Waals surface area contributed by atoms with Crippen molar-refractivity contribution in [3.8, 4) is 11.8 Å². The van der Waals surface area contributed by atoms with Crippen LogP contribution in [0.2, 0.25) is 0 Å². The third kappa shape index (κ3) is 2.98. The summed E-state index contributed by atoms with van der Waals surface area (Å²) in [4.78, 5) is 0. The molecular formula is C17H28O2. The molecule has 108 valence electrons. The van der Waals surface area contributed by atoms with Gasteiger partial charge in [-0.3, -0.25) is 0 Å². The Balaban J connectivity index is 2.19. The average molecular weight is 264 g/mol. The first kappa shape index (κ1) is 14.9. The minimum atomic E-state index is -0.926. The lowest BCUT2D eigenvalue weighted by atomic mass is 9.65. The largest absolute Gasteiger partial charge is 0.378 e. The molecular weight excluding hydrogens is 236 g/mol. The minimum Gasteiger partial charge on any atom is -0.378 e. The number of aliphatic hydroxyl groups is 2. The van der Waals surface area contributed by atoms with Crippen molar-refractivity contribution in [3.05, 3.63) is 0 Å². The van der Waals surface area contributed by atoms with Crippen LogP contribution in [-0.4, -0.2) is 21.4 Å². The molecule has 4 atom stereocenters. The molecule has 4 unspecified atom stereocenters. The van der Waals surface area contributed by atoms with E-state index in [0.29, 0.717) is 5.92 Å². The summed E-state index contributed by atoms with van der Waals surface area (Å²) in [6, 6.07) is 0. The standard InChI is InChI=1S/C17H28O2/c1-13-7-8-14(2)17(19,15(13)3)12-11-16(18)9-5-4-6-10-16/h13-15,18-19H,4-10H2,1-3H3. The maximum Gasteiger partial charge on any atom is 0.130 e. The first-order chi connectivity index (χ1) is 8.87. The van der Waals surface area contributed by atoms with Crippen molar-refractivity contribution in [1.29, 1.82) is 0 Å². The molecule has 2 aliphatic rings. The fraction of sp³-hybridized carbons (Fsp3) is 0.882. The summed E-state index contributed by atoms with van der Waals surface area (Å²) in [6.07, 6.45) is 6.99. The molecule has 2 nitrogen and oxygen atoms in total. The van der Waals surface area contributed by atoms with Crippen LogP contribution in [0.1, 0.15) is 65.7 Å². The van der Waals surface area contributed by atoms with Gasteiger partial charge in [0.15, 0.2) is 0 Å². The van der Waals surface area contributed by atoms with Crippen molar-refractivity contribution < 1.29 is 10.2 Å². The van der Waals surface area contributed by atoms with Crippen molar-refractivity contribution in [1.82, 2.24) is 0 Å². The quantitative estimate of drug-likeness (QED) is 0.660. The van der Waals surface area contributed by atoms with Crippen LogP contribution in [-0.2, 0) is 0 Å². The second-order valence-corrected chi connectivity index (χ2v) is 6.91. The number of hydrogen-bond donors (Lipinski definition) is 2. The average Bonchev–Trinajstić information content (AvgIpc) is 2.40. The predicted octanol–water partition coefficient (Wildman–Crippen LogP) is 3.12. The SMILES string of the molecule is CC1CCC(C)C(O)(C#CC2(O)CCCCC2)C1C. The third-order valence-electron chi connectivity index (χ3n) is 5.53. The lowest BCUT2D eigenvalue weighted by Gasteiger charge is -2.43. The highest BCUT2D eigenvalue weighted by molar-refractivity contribution is 5.25. The molecule has 0 bridgehead atoms. The van der Waals surface area contributed by atoms with Gasteiger partial charge in [0.2, 0.25) is 0 Å². The third-order valence-corrected chi connectivity index (χ3v) is 5.53. The van der Waals surface area contributed by atoms with Gasteiger partial charge in [-0.25, -0.2) is 0 Å². The Morgan fingerprint density at radius 3 is 2.16 bits per heavy atom. The fourth-order valence-electron chi connectivity index (χ4n) is 3.58. The molecule has 2 aliphatic carbocycles. The Labute approximate surface area is 117 Å². The van der Waals surface area contributed by atoms with E-state index < -0.39 is 11.2 Å². The van der Waals surface area contributed by atoms with E-state index in [1.165, 1.54) is 6.42 Å². The highest BCUT2D eigenvalue weighted by atomic mass is 16.3. The molecule has 0 heterocycles. The zero-order chi connectivity index (χ0) is 14.1. The summed E-state index contributed by atoms with van der Waals surface area (Å²) in [5.74, 6) is 7.01. The lowest BCUT2D eigenvalue weighted by Crippen LogP contribution is -2.48. The molecule has 0 aromatic carbocycles. The van der Waals surface area contributed by atoms with E-state index in [9.17, 15) is 10.2 Å². The van der Waals surface area contributed by atoms with Gasteiger partial charge < -0.3 is 10.2 Å². The van der Waals surface area contributed by atoms with E-state index in [2.05, 4.69) is 32.6 Å². The van der Waals surface area contributed by atoms with Gasteiger partial charge in [0.25, 0.3) is 0 Å². The molecule has 0 aliphatic heterocycles. The summed E-state index contributed by atoms with van der Waals surface area (Å²) in [6.45, 7) is 6.38. The van der Waals surface area contributed by atoms with Crippen molar-refractivity contribution in [2.24, 2.45) is 17.8 Å². The maximum absolute atomic E-state index is 10.9. The Kier molecular flexibility index (Phi) is 4.28. The molecule has 0 radical (unpaired) electrons. The Morgan fingerprint density at radius 2 is 1.53 bits per heavy atom. The van der Waals surface area contributed by atoms with Crippen LogP contribution < -0.4 is 0 Å². The van der Waals surface area contributed by atoms with Gasteiger partial charge >= 0.3 is 0 Å². The van der Waals surface area contributed by atoms with Crippen molar-refractivity contribution in [3.63, 3.8) is 0 Å². The molecule has 2 saturated carbocycles. The van der Waals surface area contributed by atoms with Crippen LogP contribution in [0.5, 0.6) is 0 Å². The van der Waals surface area contributed by atoms with E-state index in [4.69, 9.17) is 0 Å². The highest BCUT2D eigenvalue weighted by Crippen LogP contribution is 2.41. The molecule has 0 spiro atoms. The molecule has 0 amide bonds. The van der Waals surface area contributed by atoms with E-state index in [-0.39, 0.29) is 11.8 Å². The topological polar surface area (TPSA) is 40.5 Å². The summed E-state index contributed by atoms with van der Waals surface area (Å²) in [5.41, 5.74) is -1.78. The van der Waals surface area contributed by atoms with E-state index in [1.807, 2.05) is 0 Å². The monoisotopic (exact) mass is 264 g/mol. The van der Waals surface area contributed by atoms with Gasteiger partial charge in [-0.15, -0.1) is 0 Å². The molecule has 2 rings (SSSR count). The van der Waals surface area contributed by atoms with Crippen LogP contribution >= 0.6 is 0 Å².